The van der Waals surface area contributed by atoms with Gasteiger partial charge in [0.25, 0.3) is 0 Å². The van der Waals surface area contributed by atoms with Crippen LogP contribution in [0.1, 0.15) is 36.2 Å². The zero-order valence-electron chi connectivity index (χ0n) is 9.04. The molecular formula is C12H15NO2. The highest BCUT2D eigenvalue weighted by Gasteiger charge is 2.28. The normalized spacial score (nSPS) is 17.7. The monoisotopic (exact) mass is 205 g/mol. The molecule has 15 heavy (non-hydrogen) atoms. The van der Waals surface area contributed by atoms with Crippen LogP contribution >= 0.6 is 0 Å². The van der Waals surface area contributed by atoms with Crippen molar-refractivity contribution in [1.82, 2.24) is 0 Å². The average molecular weight is 205 g/mol. The average Bonchev–Trinajstić information content (AvgIpc) is 2.14. The largest absolute Gasteiger partial charge is 0.488 e. The third-order valence-corrected chi connectivity index (χ3v) is 2.76. The Morgan fingerprint density at radius 1 is 1.47 bits per heavy atom. The fourth-order valence-electron chi connectivity index (χ4n) is 1.92. The number of hydrogen-bond acceptors (Lipinski definition) is 2. The molecule has 1 aliphatic heterocycles. The number of ether oxygens (including phenoxy) is 1. The number of primary amides is 1. The smallest absolute Gasteiger partial charge is 0.249 e. The Morgan fingerprint density at radius 2 is 2.20 bits per heavy atom. The summed E-state index contributed by atoms with van der Waals surface area (Å²) in [5.74, 6) is 0.415. The number of nitrogens with two attached hydrogens (primary N) is 1. The van der Waals surface area contributed by atoms with E-state index in [0.717, 1.165) is 24.2 Å². The van der Waals surface area contributed by atoms with Crippen LogP contribution in [0.3, 0.4) is 0 Å². The highest BCUT2D eigenvalue weighted by molar-refractivity contribution is 5.95. The number of hydrogen-bond donors (Lipinski definition) is 1. The van der Waals surface area contributed by atoms with Gasteiger partial charge < -0.3 is 10.5 Å². The van der Waals surface area contributed by atoms with Crippen LogP contribution in [0.5, 0.6) is 5.75 Å². The van der Waals surface area contributed by atoms with E-state index in [1.807, 2.05) is 19.9 Å². The summed E-state index contributed by atoms with van der Waals surface area (Å²) in [5.41, 5.74) is 6.70. The summed E-state index contributed by atoms with van der Waals surface area (Å²) in [5, 5.41) is 0. The second-order valence-electron chi connectivity index (χ2n) is 4.51. The van der Waals surface area contributed by atoms with Crippen LogP contribution in [0.2, 0.25) is 0 Å². The van der Waals surface area contributed by atoms with E-state index >= 15 is 0 Å². The first-order valence-corrected chi connectivity index (χ1v) is 5.10. The molecule has 0 fully saturated rings. The van der Waals surface area contributed by atoms with Crippen molar-refractivity contribution in [3.8, 4) is 5.75 Å². The predicted molar refractivity (Wildman–Crippen MR) is 58.0 cm³/mol. The number of amides is 1. The fourth-order valence-corrected chi connectivity index (χ4v) is 1.92. The minimum Gasteiger partial charge on any atom is -0.488 e. The van der Waals surface area contributed by atoms with Crippen molar-refractivity contribution in [2.45, 2.75) is 32.3 Å². The summed E-state index contributed by atoms with van der Waals surface area (Å²) in [4.78, 5) is 11.2. The van der Waals surface area contributed by atoms with E-state index in [1.165, 1.54) is 0 Å². The minimum atomic E-state index is -0.379. The Bertz CT molecular complexity index is 410. The molecule has 1 aliphatic rings. The SMILES string of the molecule is CC1(C)CCc2c(cccc2C(N)=O)O1. The second-order valence-corrected chi connectivity index (χ2v) is 4.51. The van der Waals surface area contributed by atoms with Gasteiger partial charge in [-0.05, 0) is 38.8 Å². The van der Waals surface area contributed by atoms with Crippen molar-refractivity contribution < 1.29 is 9.53 Å². The number of benzene rings is 1. The predicted octanol–water partition coefficient (Wildman–Crippen LogP) is 1.89. The molecule has 0 aromatic heterocycles. The van der Waals surface area contributed by atoms with Gasteiger partial charge in [-0.1, -0.05) is 6.07 Å². The Kier molecular flexibility index (Phi) is 2.18. The number of fused-ring (bicyclic) bond motifs is 1. The first-order valence-electron chi connectivity index (χ1n) is 5.10. The second kappa shape index (κ2) is 3.26. The van der Waals surface area contributed by atoms with E-state index in [9.17, 15) is 4.79 Å². The molecule has 1 heterocycles. The molecule has 2 rings (SSSR count). The third-order valence-electron chi connectivity index (χ3n) is 2.76. The summed E-state index contributed by atoms with van der Waals surface area (Å²) in [7, 11) is 0. The summed E-state index contributed by atoms with van der Waals surface area (Å²) < 4.78 is 5.80. The first-order chi connectivity index (χ1) is 6.99. The van der Waals surface area contributed by atoms with Crippen LogP contribution in [-0.2, 0) is 6.42 Å². The molecule has 1 amide bonds. The molecule has 0 radical (unpaired) electrons. The molecule has 0 aliphatic carbocycles. The van der Waals surface area contributed by atoms with Crippen LogP contribution in [0, 0.1) is 0 Å². The highest BCUT2D eigenvalue weighted by atomic mass is 16.5. The molecule has 2 N–H and O–H groups in total. The van der Waals surface area contributed by atoms with Gasteiger partial charge in [0, 0.05) is 11.1 Å². The van der Waals surface area contributed by atoms with Crippen LogP contribution < -0.4 is 10.5 Å². The van der Waals surface area contributed by atoms with Gasteiger partial charge in [0.1, 0.15) is 11.4 Å². The summed E-state index contributed by atoms with van der Waals surface area (Å²) in [6, 6.07) is 5.45. The van der Waals surface area contributed by atoms with Gasteiger partial charge in [0.05, 0.1) is 0 Å². The number of carbonyl (C=O) groups excluding carboxylic acids is 1. The first kappa shape index (κ1) is 10.0. The minimum absolute atomic E-state index is 0.150. The van der Waals surface area contributed by atoms with Crippen molar-refractivity contribution in [3.05, 3.63) is 29.3 Å². The lowest BCUT2D eigenvalue weighted by molar-refractivity contribution is 0.0830. The quantitative estimate of drug-likeness (QED) is 0.761. The molecule has 0 saturated heterocycles. The van der Waals surface area contributed by atoms with E-state index < -0.39 is 0 Å². The molecular weight excluding hydrogens is 190 g/mol. The maximum atomic E-state index is 11.2. The molecule has 1 aromatic rings. The molecule has 0 bridgehead atoms. The van der Waals surface area contributed by atoms with Crippen LogP contribution in [0.4, 0.5) is 0 Å². The van der Waals surface area contributed by atoms with E-state index in [-0.39, 0.29) is 11.5 Å². The summed E-state index contributed by atoms with van der Waals surface area (Å²) in [6.07, 6.45) is 1.76. The summed E-state index contributed by atoms with van der Waals surface area (Å²) >= 11 is 0. The standard InChI is InChI=1S/C12H15NO2/c1-12(2)7-6-8-9(11(13)14)4-3-5-10(8)15-12/h3-5H,6-7H2,1-2H3,(H2,13,14). The zero-order valence-corrected chi connectivity index (χ0v) is 9.04. The van der Waals surface area contributed by atoms with Gasteiger partial charge in [-0.25, -0.2) is 0 Å². The van der Waals surface area contributed by atoms with Crippen molar-refractivity contribution in [1.29, 1.82) is 0 Å². The molecule has 3 nitrogen and oxygen atoms in total. The Morgan fingerprint density at radius 3 is 2.87 bits per heavy atom. The summed E-state index contributed by atoms with van der Waals surface area (Å²) in [6.45, 7) is 4.10. The van der Waals surface area contributed by atoms with Gasteiger partial charge in [-0.15, -0.1) is 0 Å². The van der Waals surface area contributed by atoms with E-state index in [4.69, 9.17) is 10.5 Å². The molecule has 1 aromatic carbocycles. The number of rotatable bonds is 1. The highest BCUT2D eigenvalue weighted by Crippen LogP contribution is 2.34. The van der Waals surface area contributed by atoms with Crippen LogP contribution in [0.15, 0.2) is 18.2 Å². The van der Waals surface area contributed by atoms with E-state index in [2.05, 4.69) is 0 Å². The zero-order chi connectivity index (χ0) is 11.1. The lowest BCUT2D eigenvalue weighted by Gasteiger charge is -2.33. The molecule has 0 saturated carbocycles. The maximum Gasteiger partial charge on any atom is 0.249 e. The van der Waals surface area contributed by atoms with Crippen molar-refractivity contribution >= 4 is 5.91 Å². The lowest BCUT2D eigenvalue weighted by Crippen LogP contribution is -2.33. The van der Waals surface area contributed by atoms with Gasteiger partial charge in [-0.3, -0.25) is 4.79 Å². The number of carbonyl (C=O) groups is 1. The van der Waals surface area contributed by atoms with Gasteiger partial charge >= 0.3 is 0 Å². The van der Waals surface area contributed by atoms with Crippen LogP contribution in [0.25, 0.3) is 0 Å². The third kappa shape index (κ3) is 1.82. The lowest BCUT2D eigenvalue weighted by atomic mass is 9.91. The van der Waals surface area contributed by atoms with Crippen LogP contribution in [-0.4, -0.2) is 11.5 Å². The molecule has 0 spiro atoms. The van der Waals surface area contributed by atoms with Crippen molar-refractivity contribution in [2.24, 2.45) is 5.73 Å². The van der Waals surface area contributed by atoms with Gasteiger partial charge in [0.15, 0.2) is 0 Å². The molecule has 0 unspecified atom stereocenters. The van der Waals surface area contributed by atoms with Crippen molar-refractivity contribution in [2.75, 3.05) is 0 Å². The van der Waals surface area contributed by atoms with Crippen molar-refractivity contribution in [3.63, 3.8) is 0 Å². The van der Waals surface area contributed by atoms with Gasteiger partial charge in [-0.2, -0.15) is 0 Å². The fraction of sp³-hybridized carbons (Fsp3) is 0.417. The topological polar surface area (TPSA) is 52.3 Å². The molecule has 80 valence electrons. The Balaban J connectivity index is 2.47. The van der Waals surface area contributed by atoms with E-state index in [0.29, 0.717) is 5.56 Å². The van der Waals surface area contributed by atoms with Gasteiger partial charge in [0.2, 0.25) is 5.91 Å². The Hall–Kier alpha value is -1.51. The Labute approximate surface area is 89.2 Å². The van der Waals surface area contributed by atoms with E-state index in [1.54, 1.807) is 12.1 Å². The molecule has 0 atom stereocenters. The maximum absolute atomic E-state index is 11.2. The molecule has 3 heteroatoms.